The van der Waals surface area contributed by atoms with Gasteiger partial charge in [0.2, 0.25) is 0 Å². The van der Waals surface area contributed by atoms with Crippen LogP contribution in [0.3, 0.4) is 0 Å². The van der Waals surface area contributed by atoms with Crippen molar-refractivity contribution in [1.29, 1.82) is 0 Å². The van der Waals surface area contributed by atoms with Crippen molar-refractivity contribution in [2.75, 3.05) is 6.54 Å². The van der Waals surface area contributed by atoms with Crippen LogP contribution < -0.4 is 4.72 Å². The van der Waals surface area contributed by atoms with Crippen LogP contribution >= 0.6 is 22.9 Å². The number of aromatic nitrogens is 1. The molecule has 98 valence electrons. The Kier molecular flexibility index (Phi) is 4.57. The Morgan fingerprint density at radius 2 is 2.12 bits per heavy atom. The lowest BCUT2D eigenvalue weighted by Gasteiger charge is -2.27. The summed E-state index contributed by atoms with van der Waals surface area (Å²) in [6.07, 6.45) is 1.27. The molecule has 0 bridgehead atoms. The van der Waals surface area contributed by atoms with Gasteiger partial charge >= 0.3 is 0 Å². The molecule has 0 aliphatic heterocycles. The van der Waals surface area contributed by atoms with Gasteiger partial charge in [-0.15, -0.1) is 0 Å². The second kappa shape index (κ2) is 5.22. The average molecular weight is 297 g/mol. The van der Waals surface area contributed by atoms with E-state index in [0.29, 0.717) is 6.54 Å². The summed E-state index contributed by atoms with van der Waals surface area (Å²) >= 11 is 6.57. The SMILES string of the molecule is CC(CNS(=O)(=O)c1cnc(Cl)s1)C(C)(C)C. The fraction of sp³-hybridized carbons (Fsp3) is 0.700. The summed E-state index contributed by atoms with van der Waals surface area (Å²) in [5.41, 5.74) is 0.0634. The predicted molar refractivity (Wildman–Crippen MR) is 70.9 cm³/mol. The van der Waals surface area contributed by atoms with Crippen LogP contribution in [0.4, 0.5) is 0 Å². The van der Waals surface area contributed by atoms with Crippen molar-refractivity contribution in [3.8, 4) is 0 Å². The molecule has 1 aromatic heterocycles. The zero-order chi connectivity index (χ0) is 13.3. The molecule has 1 rings (SSSR count). The molecule has 4 nitrogen and oxygen atoms in total. The van der Waals surface area contributed by atoms with Gasteiger partial charge in [-0.3, -0.25) is 0 Å². The zero-order valence-electron chi connectivity index (χ0n) is 10.3. The van der Waals surface area contributed by atoms with Gasteiger partial charge in [0.1, 0.15) is 0 Å². The molecular formula is C10H17ClN2O2S2. The standard InChI is InChI=1S/C10H17ClN2O2S2/c1-7(10(2,3)4)5-13-17(14,15)8-6-12-9(11)16-8/h6-7,13H,5H2,1-4H3. The van der Waals surface area contributed by atoms with Crippen LogP contribution in [0.5, 0.6) is 0 Å². The van der Waals surface area contributed by atoms with E-state index in [2.05, 4.69) is 30.5 Å². The molecule has 0 saturated heterocycles. The first-order valence-corrected chi connectivity index (χ1v) is 7.91. The van der Waals surface area contributed by atoms with Crippen LogP contribution in [0.25, 0.3) is 0 Å². The number of nitrogens with one attached hydrogen (secondary N) is 1. The molecule has 1 unspecified atom stereocenters. The summed E-state index contributed by atoms with van der Waals surface area (Å²) in [6, 6.07) is 0. The van der Waals surface area contributed by atoms with Gasteiger partial charge in [0.15, 0.2) is 8.68 Å². The summed E-state index contributed by atoms with van der Waals surface area (Å²) in [5.74, 6) is 0.237. The second-order valence-electron chi connectivity index (χ2n) is 5.05. The van der Waals surface area contributed by atoms with Crippen molar-refractivity contribution < 1.29 is 8.42 Å². The number of nitrogens with zero attached hydrogens (tertiary/aromatic N) is 1. The van der Waals surface area contributed by atoms with Crippen LogP contribution in [-0.2, 0) is 10.0 Å². The van der Waals surface area contributed by atoms with Crippen molar-refractivity contribution in [1.82, 2.24) is 9.71 Å². The average Bonchev–Trinajstić information content (AvgIpc) is 2.60. The molecule has 17 heavy (non-hydrogen) atoms. The highest BCUT2D eigenvalue weighted by Crippen LogP contribution is 2.26. The van der Waals surface area contributed by atoms with E-state index < -0.39 is 10.0 Å². The Morgan fingerprint density at radius 1 is 1.53 bits per heavy atom. The molecule has 1 heterocycles. The van der Waals surface area contributed by atoms with Crippen LogP contribution in [-0.4, -0.2) is 19.9 Å². The van der Waals surface area contributed by atoms with Crippen molar-refractivity contribution in [3.05, 3.63) is 10.7 Å². The molecule has 0 spiro atoms. The Balaban J connectivity index is 2.69. The van der Waals surface area contributed by atoms with E-state index in [9.17, 15) is 8.42 Å². The van der Waals surface area contributed by atoms with Crippen LogP contribution in [0.15, 0.2) is 10.4 Å². The topological polar surface area (TPSA) is 59.1 Å². The number of thiazole rings is 1. The Bertz CT molecular complexity index is 477. The molecule has 0 fully saturated rings. The van der Waals surface area contributed by atoms with E-state index in [0.717, 1.165) is 11.3 Å². The molecule has 1 atom stereocenters. The van der Waals surface area contributed by atoms with Gasteiger partial charge in [-0.2, -0.15) is 0 Å². The molecule has 7 heteroatoms. The third kappa shape index (κ3) is 4.21. The van der Waals surface area contributed by atoms with Crippen molar-refractivity contribution >= 4 is 33.0 Å². The minimum absolute atomic E-state index is 0.0634. The number of hydrogen-bond acceptors (Lipinski definition) is 4. The molecule has 1 aromatic rings. The minimum atomic E-state index is -3.47. The molecule has 0 saturated carbocycles. The minimum Gasteiger partial charge on any atom is -0.232 e. The summed E-state index contributed by atoms with van der Waals surface area (Å²) < 4.78 is 26.7. The highest BCUT2D eigenvalue weighted by Gasteiger charge is 2.23. The van der Waals surface area contributed by atoms with E-state index >= 15 is 0 Å². The first kappa shape index (κ1) is 14.9. The van der Waals surface area contributed by atoms with E-state index in [4.69, 9.17) is 11.6 Å². The molecule has 0 aliphatic rings. The summed E-state index contributed by atoms with van der Waals surface area (Å²) in [6.45, 7) is 8.66. The van der Waals surface area contributed by atoms with E-state index in [1.807, 2.05) is 6.92 Å². The molecule has 1 N–H and O–H groups in total. The number of halogens is 1. The first-order valence-electron chi connectivity index (χ1n) is 5.24. The molecule has 0 aromatic carbocycles. The maximum atomic E-state index is 11.9. The van der Waals surface area contributed by atoms with E-state index in [1.165, 1.54) is 6.20 Å². The molecular weight excluding hydrogens is 280 g/mol. The maximum Gasteiger partial charge on any atom is 0.251 e. The fourth-order valence-electron chi connectivity index (χ4n) is 0.975. The third-order valence-corrected chi connectivity index (χ3v) is 5.78. The third-order valence-electron chi connectivity index (χ3n) is 2.78. The van der Waals surface area contributed by atoms with Gasteiger partial charge in [0, 0.05) is 6.54 Å². The van der Waals surface area contributed by atoms with Crippen molar-refractivity contribution in [2.45, 2.75) is 31.9 Å². The molecule has 0 amide bonds. The van der Waals surface area contributed by atoms with Crippen LogP contribution in [0.2, 0.25) is 4.47 Å². The Hall–Kier alpha value is -0.170. The smallest absolute Gasteiger partial charge is 0.232 e. The Labute approximate surface area is 111 Å². The summed E-state index contributed by atoms with van der Waals surface area (Å²) in [4.78, 5) is 3.72. The van der Waals surface area contributed by atoms with Gasteiger partial charge in [0.05, 0.1) is 6.20 Å². The van der Waals surface area contributed by atoms with Gasteiger partial charge in [-0.25, -0.2) is 18.1 Å². The number of rotatable bonds is 4. The van der Waals surface area contributed by atoms with Gasteiger partial charge in [-0.05, 0) is 11.3 Å². The lowest BCUT2D eigenvalue weighted by atomic mass is 9.82. The molecule has 0 radical (unpaired) electrons. The highest BCUT2D eigenvalue weighted by atomic mass is 35.5. The summed E-state index contributed by atoms with van der Waals surface area (Å²) in [7, 11) is -3.47. The lowest BCUT2D eigenvalue weighted by Crippen LogP contribution is -2.33. The van der Waals surface area contributed by atoms with Crippen molar-refractivity contribution in [3.63, 3.8) is 0 Å². The van der Waals surface area contributed by atoms with Gasteiger partial charge < -0.3 is 0 Å². The highest BCUT2D eigenvalue weighted by molar-refractivity contribution is 7.91. The van der Waals surface area contributed by atoms with E-state index in [1.54, 1.807) is 0 Å². The number of sulfonamides is 1. The number of hydrogen-bond donors (Lipinski definition) is 1. The van der Waals surface area contributed by atoms with Crippen molar-refractivity contribution in [2.24, 2.45) is 11.3 Å². The molecule has 0 aliphatic carbocycles. The van der Waals surface area contributed by atoms with Gasteiger partial charge in [0.25, 0.3) is 10.0 Å². The monoisotopic (exact) mass is 296 g/mol. The van der Waals surface area contributed by atoms with Gasteiger partial charge in [-0.1, -0.05) is 50.6 Å². The van der Waals surface area contributed by atoms with Crippen LogP contribution in [0.1, 0.15) is 27.7 Å². The predicted octanol–water partition coefficient (Wildman–Crippen LogP) is 2.76. The maximum absolute atomic E-state index is 11.9. The largest absolute Gasteiger partial charge is 0.251 e. The fourth-order valence-corrected chi connectivity index (χ4v) is 3.44. The zero-order valence-corrected chi connectivity index (χ0v) is 12.7. The Morgan fingerprint density at radius 3 is 2.53 bits per heavy atom. The first-order chi connectivity index (χ1) is 7.63. The van der Waals surface area contributed by atoms with Crippen LogP contribution in [0, 0.1) is 11.3 Å². The second-order valence-corrected chi connectivity index (χ2v) is 8.66. The normalized spacial score (nSPS) is 14.9. The quantitative estimate of drug-likeness (QED) is 0.929. The lowest BCUT2D eigenvalue weighted by molar-refractivity contribution is 0.263. The van der Waals surface area contributed by atoms with E-state index in [-0.39, 0.29) is 20.0 Å². The summed E-state index contributed by atoms with van der Waals surface area (Å²) in [5, 5.41) is 0.